The molecule has 3 nitrogen and oxygen atoms in total. The van der Waals surface area contributed by atoms with Crippen LogP contribution in [-0.4, -0.2) is 12.5 Å². The number of hydrogen-bond donors (Lipinski definition) is 2. The van der Waals surface area contributed by atoms with Crippen LogP contribution in [0.25, 0.3) is 6.08 Å². The van der Waals surface area contributed by atoms with Gasteiger partial charge in [0.05, 0.1) is 5.56 Å². The summed E-state index contributed by atoms with van der Waals surface area (Å²) in [5, 5.41) is 5.73. The molecule has 136 valence electrons. The summed E-state index contributed by atoms with van der Waals surface area (Å²) in [4.78, 5) is 11.9. The Morgan fingerprint density at radius 1 is 1.12 bits per heavy atom. The Morgan fingerprint density at radius 2 is 1.88 bits per heavy atom. The maximum Gasteiger partial charge on any atom is 0.419 e. The zero-order valence-corrected chi connectivity index (χ0v) is 13.3. The van der Waals surface area contributed by atoms with E-state index in [0.29, 0.717) is 11.8 Å². The number of anilines is 2. The summed E-state index contributed by atoms with van der Waals surface area (Å²) in [6, 6.07) is 6.49. The highest BCUT2D eigenvalue weighted by Gasteiger charge is 2.35. The molecule has 0 fully saturated rings. The van der Waals surface area contributed by atoms with Gasteiger partial charge in [-0.05, 0) is 42.3 Å². The number of carbonyl (C=O) groups excluding carboxylic acids is 1. The van der Waals surface area contributed by atoms with Crippen molar-refractivity contribution in [1.82, 2.24) is 0 Å². The fourth-order valence-corrected chi connectivity index (χ4v) is 2.64. The van der Waals surface area contributed by atoms with E-state index in [0.717, 1.165) is 42.4 Å². The van der Waals surface area contributed by atoms with E-state index in [2.05, 4.69) is 10.6 Å². The van der Waals surface area contributed by atoms with Gasteiger partial charge in [0, 0.05) is 29.6 Å². The number of nitrogens with one attached hydrogen (secondary N) is 2. The van der Waals surface area contributed by atoms with E-state index in [9.17, 15) is 26.7 Å². The third kappa shape index (κ3) is 3.68. The molecule has 0 aromatic heterocycles. The van der Waals surface area contributed by atoms with E-state index in [1.807, 2.05) is 6.07 Å². The van der Waals surface area contributed by atoms with Crippen LogP contribution in [0.15, 0.2) is 36.4 Å². The Balaban J connectivity index is 1.73. The number of hydrogen-bond acceptors (Lipinski definition) is 2. The van der Waals surface area contributed by atoms with Crippen LogP contribution in [0.3, 0.4) is 0 Å². The van der Waals surface area contributed by atoms with Gasteiger partial charge < -0.3 is 10.6 Å². The Morgan fingerprint density at radius 3 is 2.62 bits per heavy atom. The standard InChI is InChI=1S/C18H13F5N2O/c19-16-10(1-4-13(17(16)20)18(21,22)23)2-6-15(26)25-12-3-5-14-11(9-12)7-8-24-14/h1-6,9,24H,7-8H2,(H,25,26)/b6-2+. The van der Waals surface area contributed by atoms with Gasteiger partial charge in [0.1, 0.15) is 0 Å². The number of alkyl halides is 3. The topological polar surface area (TPSA) is 41.1 Å². The summed E-state index contributed by atoms with van der Waals surface area (Å²) < 4.78 is 64.8. The van der Waals surface area contributed by atoms with Crippen molar-refractivity contribution in [3.63, 3.8) is 0 Å². The molecule has 1 heterocycles. The van der Waals surface area contributed by atoms with E-state index in [1.165, 1.54) is 0 Å². The molecule has 1 aliphatic heterocycles. The third-order valence-electron chi connectivity index (χ3n) is 3.91. The van der Waals surface area contributed by atoms with Crippen molar-refractivity contribution >= 4 is 23.4 Å². The van der Waals surface area contributed by atoms with Gasteiger partial charge >= 0.3 is 6.18 Å². The molecule has 0 saturated heterocycles. The first kappa shape index (κ1) is 17.9. The minimum absolute atomic E-state index is 0.434. The Bertz CT molecular complexity index is 890. The van der Waals surface area contributed by atoms with Crippen molar-refractivity contribution in [1.29, 1.82) is 0 Å². The van der Waals surface area contributed by atoms with Crippen molar-refractivity contribution in [3.8, 4) is 0 Å². The maximum absolute atomic E-state index is 13.8. The highest BCUT2D eigenvalue weighted by Crippen LogP contribution is 2.33. The highest BCUT2D eigenvalue weighted by molar-refractivity contribution is 6.02. The first-order chi connectivity index (χ1) is 12.3. The zero-order chi connectivity index (χ0) is 18.9. The molecule has 0 unspecified atom stereocenters. The van der Waals surface area contributed by atoms with Gasteiger partial charge in [0.25, 0.3) is 0 Å². The van der Waals surface area contributed by atoms with E-state index in [1.54, 1.807) is 12.1 Å². The lowest BCUT2D eigenvalue weighted by molar-refractivity contribution is -0.140. The second kappa shape index (κ2) is 6.78. The van der Waals surface area contributed by atoms with Crippen LogP contribution in [0.4, 0.5) is 33.3 Å². The zero-order valence-electron chi connectivity index (χ0n) is 13.3. The Hall–Kier alpha value is -2.90. The third-order valence-corrected chi connectivity index (χ3v) is 3.91. The lowest BCUT2D eigenvalue weighted by Gasteiger charge is -2.09. The van der Waals surface area contributed by atoms with Crippen LogP contribution in [0.2, 0.25) is 0 Å². The summed E-state index contributed by atoms with van der Waals surface area (Å²) in [5.41, 5.74) is 0.414. The predicted molar refractivity (Wildman–Crippen MR) is 87.7 cm³/mol. The molecule has 0 saturated carbocycles. The summed E-state index contributed by atoms with van der Waals surface area (Å²) >= 11 is 0. The molecule has 3 rings (SSSR count). The number of fused-ring (bicyclic) bond motifs is 1. The van der Waals surface area contributed by atoms with Gasteiger partial charge in [0.15, 0.2) is 11.6 Å². The molecule has 8 heteroatoms. The van der Waals surface area contributed by atoms with Gasteiger partial charge in [-0.1, -0.05) is 6.07 Å². The smallest absolute Gasteiger partial charge is 0.384 e. The van der Waals surface area contributed by atoms with Gasteiger partial charge in [-0.25, -0.2) is 8.78 Å². The second-order valence-electron chi connectivity index (χ2n) is 5.70. The largest absolute Gasteiger partial charge is 0.419 e. The molecule has 1 aliphatic rings. The van der Waals surface area contributed by atoms with Crippen LogP contribution in [0.1, 0.15) is 16.7 Å². The van der Waals surface area contributed by atoms with Gasteiger partial charge in [-0.3, -0.25) is 4.79 Å². The minimum Gasteiger partial charge on any atom is -0.384 e. The van der Waals surface area contributed by atoms with E-state index in [-0.39, 0.29) is 0 Å². The van der Waals surface area contributed by atoms with Gasteiger partial charge in [-0.2, -0.15) is 13.2 Å². The maximum atomic E-state index is 13.8. The molecule has 0 spiro atoms. The normalized spacial score (nSPS) is 13.6. The van der Waals surface area contributed by atoms with Gasteiger partial charge in [-0.15, -0.1) is 0 Å². The molecule has 26 heavy (non-hydrogen) atoms. The van der Waals surface area contributed by atoms with E-state index < -0.39 is 34.8 Å². The Labute approximate surface area is 145 Å². The van der Waals surface area contributed by atoms with E-state index in [4.69, 9.17) is 0 Å². The molecule has 0 atom stereocenters. The first-order valence-corrected chi connectivity index (χ1v) is 7.67. The summed E-state index contributed by atoms with van der Waals surface area (Å²) in [5.74, 6) is -4.27. The van der Waals surface area contributed by atoms with Crippen molar-refractivity contribution in [2.75, 3.05) is 17.2 Å². The van der Waals surface area contributed by atoms with E-state index >= 15 is 0 Å². The summed E-state index contributed by atoms with van der Waals surface area (Å²) in [6.45, 7) is 0.811. The summed E-state index contributed by atoms with van der Waals surface area (Å²) in [6.07, 6.45) is -2.32. The van der Waals surface area contributed by atoms with Crippen molar-refractivity contribution < 1.29 is 26.7 Å². The van der Waals surface area contributed by atoms with Gasteiger partial charge in [0.2, 0.25) is 5.91 Å². The van der Waals surface area contributed by atoms with Crippen molar-refractivity contribution in [2.24, 2.45) is 0 Å². The highest BCUT2D eigenvalue weighted by atomic mass is 19.4. The molecule has 0 bridgehead atoms. The van der Waals surface area contributed by atoms with Crippen molar-refractivity contribution in [2.45, 2.75) is 12.6 Å². The number of rotatable bonds is 3. The monoisotopic (exact) mass is 368 g/mol. The summed E-state index contributed by atoms with van der Waals surface area (Å²) in [7, 11) is 0. The molecule has 0 radical (unpaired) electrons. The minimum atomic E-state index is -4.99. The van der Waals surface area contributed by atoms with Crippen LogP contribution in [-0.2, 0) is 17.4 Å². The number of benzene rings is 2. The average Bonchev–Trinajstić information content (AvgIpc) is 3.02. The molecule has 2 N–H and O–H groups in total. The molecular weight excluding hydrogens is 355 g/mol. The average molecular weight is 368 g/mol. The second-order valence-corrected chi connectivity index (χ2v) is 5.70. The fourth-order valence-electron chi connectivity index (χ4n) is 2.64. The quantitative estimate of drug-likeness (QED) is 0.614. The van der Waals surface area contributed by atoms with Crippen LogP contribution >= 0.6 is 0 Å². The molecule has 0 aliphatic carbocycles. The van der Waals surface area contributed by atoms with Crippen LogP contribution < -0.4 is 10.6 Å². The lowest BCUT2D eigenvalue weighted by Crippen LogP contribution is -2.10. The molecular formula is C18H13F5N2O. The predicted octanol–water partition coefficient (Wildman–Crippen LogP) is 4.60. The first-order valence-electron chi connectivity index (χ1n) is 7.67. The molecule has 2 aromatic rings. The number of carbonyl (C=O) groups is 1. The SMILES string of the molecule is O=C(/C=C/c1ccc(C(F)(F)F)c(F)c1F)Nc1ccc2c(c1)CCN2. The molecule has 2 aromatic carbocycles. The van der Waals surface area contributed by atoms with Crippen molar-refractivity contribution in [3.05, 3.63) is 64.7 Å². The number of amides is 1. The lowest BCUT2D eigenvalue weighted by atomic mass is 10.1. The van der Waals surface area contributed by atoms with Crippen LogP contribution in [0, 0.1) is 11.6 Å². The fraction of sp³-hybridized carbons (Fsp3) is 0.167. The van der Waals surface area contributed by atoms with Crippen LogP contribution in [0.5, 0.6) is 0 Å². The Kier molecular flexibility index (Phi) is 4.67. The number of halogens is 5. The molecule has 1 amide bonds.